The van der Waals surface area contributed by atoms with E-state index in [-0.39, 0.29) is 43.0 Å². The topological polar surface area (TPSA) is 191 Å². The lowest BCUT2D eigenvalue weighted by atomic mass is 9.84. The molecule has 3 aromatic rings. The SMILES string of the molecule is C=Cc1c(C)c2cc3nc(c(CC(=O)OC)c4nc(cc5[nH]c(cc1[nH]2)c(C)c5CC)C(C)=C4C(=O)NCC(O)CO)C(CCC(=O)O)C3C. The van der Waals surface area contributed by atoms with Gasteiger partial charge in [-0.15, -0.1) is 0 Å². The van der Waals surface area contributed by atoms with Gasteiger partial charge in [0.05, 0.1) is 48.9 Å². The smallest absolute Gasteiger partial charge is 0.310 e. The number of H-pyrrole nitrogens is 2. The first-order valence-corrected chi connectivity index (χ1v) is 16.8. The number of allylic oxidation sites excluding steroid dienone is 1. The van der Waals surface area contributed by atoms with E-state index in [0.717, 1.165) is 50.7 Å². The van der Waals surface area contributed by atoms with Gasteiger partial charge < -0.3 is 35.3 Å². The Kier molecular flexibility index (Phi) is 10.7. The number of aliphatic hydroxyl groups excluding tert-OH is 2. The minimum atomic E-state index is -1.18. The third kappa shape index (κ3) is 6.86. The van der Waals surface area contributed by atoms with Crippen molar-refractivity contribution in [2.24, 2.45) is 0 Å². The fourth-order valence-electron chi connectivity index (χ4n) is 6.97. The molecule has 0 aromatic carbocycles. The van der Waals surface area contributed by atoms with Gasteiger partial charge in [0, 0.05) is 63.7 Å². The molecule has 264 valence electrons. The van der Waals surface area contributed by atoms with Gasteiger partial charge >= 0.3 is 11.9 Å². The molecular formula is C38H45N5O7. The van der Waals surface area contributed by atoms with Crippen LogP contribution in [-0.2, 0) is 32.0 Å². The van der Waals surface area contributed by atoms with E-state index in [1.54, 1.807) is 6.92 Å². The maximum atomic E-state index is 13.9. The van der Waals surface area contributed by atoms with Gasteiger partial charge in [0.2, 0.25) is 0 Å². The number of carbonyl (C=O) groups is 3. The van der Waals surface area contributed by atoms with Crippen LogP contribution in [0.3, 0.4) is 0 Å². The Balaban J connectivity index is 1.99. The summed E-state index contributed by atoms with van der Waals surface area (Å²) < 4.78 is 5.11. The van der Waals surface area contributed by atoms with Gasteiger partial charge in [-0.05, 0) is 74.1 Å². The van der Waals surface area contributed by atoms with Gasteiger partial charge in [-0.25, -0.2) is 4.98 Å². The predicted octanol–water partition coefficient (Wildman–Crippen LogP) is 5.00. The van der Waals surface area contributed by atoms with Crippen LogP contribution in [0.15, 0.2) is 24.8 Å². The summed E-state index contributed by atoms with van der Waals surface area (Å²) in [5.74, 6) is -2.79. The molecule has 1 amide bonds. The zero-order valence-corrected chi connectivity index (χ0v) is 29.4. The summed E-state index contributed by atoms with van der Waals surface area (Å²) in [6, 6.07) is 5.88. The fourth-order valence-corrected chi connectivity index (χ4v) is 6.97. The number of amides is 1. The Morgan fingerprint density at radius 1 is 1.04 bits per heavy atom. The molecule has 2 aliphatic heterocycles. The van der Waals surface area contributed by atoms with Crippen molar-refractivity contribution in [1.29, 1.82) is 0 Å². The van der Waals surface area contributed by atoms with Crippen molar-refractivity contribution in [3.05, 3.63) is 75.4 Å². The molecule has 5 rings (SSSR count). The van der Waals surface area contributed by atoms with Crippen molar-refractivity contribution < 1.29 is 34.4 Å². The number of methoxy groups -OCH3 is 1. The van der Waals surface area contributed by atoms with E-state index >= 15 is 0 Å². The minimum absolute atomic E-state index is 0.138. The van der Waals surface area contributed by atoms with Crippen LogP contribution in [0.2, 0.25) is 0 Å². The lowest BCUT2D eigenvalue weighted by Gasteiger charge is -2.18. The first-order valence-electron chi connectivity index (χ1n) is 16.8. The van der Waals surface area contributed by atoms with E-state index < -0.39 is 36.5 Å². The first kappa shape index (κ1) is 36.2. The van der Waals surface area contributed by atoms with Gasteiger partial charge in [0.25, 0.3) is 5.91 Å². The van der Waals surface area contributed by atoms with E-state index in [4.69, 9.17) is 14.7 Å². The maximum absolute atomic E-state index is 13.9. The highest BCUT2D eigenvalue weighted by atomic mass is 16.5. The number of esters is 1. The van der Waals surface area contributed by atoms with Crippen molar-refractivity contribution in [3.8, 4) is 0 Å². The summed E-state index contributed by atoms with van der Waals surface area (Å²) in [4.78, 5) is 56.0. The van der Waals surface area contributed by atoms with Crippen LogP contribution < -0.4 is 5.32 Å². The second-order valence-corrected chi connectivity index (χ2v) is 12.9. The van der Waals surface area contributed by atoms with Crippen molar-refractivity contribution in [2.75, 3.05) is 20.3 Å². The number of hydrogen-bond donors (Lipinski definition) is 6. The third-order valence-corrected chi connectivity index (χ3v) is 9.89. The number of aromatic amines is 2. The number of ether oxygens (including phenoxy) is 1. The summed E-state index contributed by atoms with van der Waals surface area (Å²) in [5.41, 5.74) is 10.3. The Morgan fingerprint density at radius 2 is 1.74 bits per heavy atom. The number of aryl methyl sites for hydroxylation is 3. The summed E-state index contributed by atoms with van der Waals surface area (Å²) >= 11 is 0. The van der Waals surface area contributed by atoms with Crippen LogP contribution in [0, 0.1) is 13.8 Å². The molecule has 0 aliphatic carbocycles. The lowest BCUT2D eigenvalue weighted by Crippen LogP contribution is -2.34. The predicted molar refractivity (Wildman–Crippen MR) is 192 cm³/mol. The molecular weight excluding hydrogens is 638 g/mol. The molecule has 5 heterocycles. The number of nitrogens with one attached hydrogen (secondary N) is 3. The van der Waals surface area contributed by atoms with Gasteiger partial charge in [0.15, 0.2) is 0 Å². The fraction of sp³-hybridized carbons (Fsp3) is 0.395. The van der Waals surface area contributed by atoms with Gasteiger partial charge in [-0.3, -0.25) is 19.4 Å². The molecule has 3 aromatic heterocycles. The number of carbonyl (C=O) groups excluding carboxylic acids is 2. The Labute approximate surface area is 290 Å². The zero-order chi connectivity index (χ0) is 36.4. The molecule has 0 fully saturated rings. The quantitative estimate of drug-likeness (QED) is 0.151. The van der Waals surface area contributed by atoms with E-state index in [2.05, 4.69) is 41.8 Å². The highest BCUT2D eigenvalue weighted by Crippen LogP contribution is 2.44. The Hall–Kier alpha value is -5.07. The normalized spacial score (nSPS) is 16.3. The first-order chi connectivity index (χ1) is 23.8. The standard InChI is InChI=1S/C38H45N5O7/c1-8-23-18(3)27-13-29-20(5)25(10-11-33(46)47)36(42-29)26(12-34(48)50-7)37-35(38(49)39-16-22(45)17-44)21(6)30(43-37)15-32-24(9-2)19(4)28(41-32)14-31(23)40-27/h8,13-15,20,22,25,40-41,44-45H,1,9-12,16-17H2,2-7H3,(H,39,49)(H,46,47). The highest BCUT2D eigenvalue weighted by molar-refractivity contribution is 6.27. The van der Waals surface area contributed by atoms with E-state index in [1.807, 2.05) is 32.1 Å². The molecule has 3 unspecified atom stereocenters. The maximum Gasteiger partial charge on any atom is 0.310 e. The second-order valence-electron chi connectivity index (χ2n) is 12.9. The van der Waals surface area contributed by atoms with E-state index in [0.29, 0.717) is 28.2 Å². The molecule has 8 bridgehead atoms. The van der Waals surface area contributed by atoms with Crippen LogP contribution in [0.4, 0.5) is 0 Å². The highest BCUT2D eigenvalue weighted by Gasteiger charge is 2.35. The molecule has 3 atom stereocenters. The number of rotatable bonds is 11. The molecule has 0 saturated carbocycles. The summed E-state index contributed by atoms with van der Waals surface area (Å²) in [6.45, 7) is 13.2. The largest absolute Gasteiger partial charge is 0.481 e. The zero-order valence-electron chi connectivity index (χ0n) is 29.4. The number of aliphatic hydroxyl groups is 2. The van der Waals surface area contributed by atoms with Gasteiger partial charge in [-0.2, -0.15) is 0 Å². The molecule has 0 spiro atoms. The number of carboxylic acid groups (broad SMARTS) is 1. The molecule has 50 heavy (non-hydrogen) atoms. The minimum Gasteiger partial charge on any atom is -0.481 e. The number of aromatic nitrogens is 4. The van der Waals surface area contributed by atoms with Crippen molar-refractivity contribution >= 4 is 57.1 Å². The van der Waals surface area contributed by atoms with Gasteiger partial charge in [-0.1, -0.05) is 26.5 Å². The van der Waals surface area contributed by atoms with Crippen molar-refractivity contribution in [3.63, 3.8) is 0 Å². The number of carboxylic acids is 1. The summed E-state index contributed by atoms with van der Waals surface area (Å²) in [6.07, 6.45) is 1.17. The average Bonchev–Trinajstić information content (AvgIpc) is 3.77. The van der Waals surface area contributed by atoms with E-state index in [1.165, 1.54) is 7.11 Å². The third-order valence-electron chi connectivity index (χ3n) is 9.89. The van der Waals surface area contributed by atoms with Crippen molar-refractivity contribution in [2.45, 2.75) is 78.2 Å². The Morgan fingerprint density at radius 3 is 2.38 bits per heavy atom. The number of nitrogens with zero attached hydrogens (tertiary/aromatic N) is 2. The van der Waals surface area contributed by atoms with Crippen LogP contribution >= 0.6 is 0 Å². The van der Waals surface area contributed by atoms with Crippen LogP contribution in [0.1, 0.15) is 96.0 Å². The second kappa shape index (κ2) is 14.8. The van der Waals surface area contributed by atoms with Crippen LogP contribution in [-0.4, -0.2) is 79.5 Å². The lowest BCUT2D eigenvalue weighted by molar-refractivity contribution is -0.140. The van der Waals surface area contributed by atoms with Crippen LogP contribution in [0.5, 0.6) is 0 Å². The summed E-state index contributed by atoms with van der Waals surface area (Å²) in [7, 11) is 1.27. The van der Waals surface area contributed by atoms with E-state index in [9.17, 15) is 29.7 Å². The molecule has 0 saturated heterocycles. The van der Waals surface area contributed by atoms with Crippen LogP contribution in [0.25, 0.3) is 39.3 Å². The molecule has 12 heteroatoms. The molecule has 0 radical (unpaired) electrons. The Bertz CT molecular complexity index is 2070. The van der Waals surface area contributed by atoms with Crippen molar-refractivity contribution in [1.82, 2.24) is 25.3 Å². The molecule has 12 nitrogen and oxygen atoms in total. The molecule has 2 aliphatic rings. The summed E-state index contributed by atoms with van der Waals surface area (Å²) in [5, 5.41) is 31.8. The number of aliphatic carboxylic acids is 1. The average molecular weight is 684 g/mol. The number of fused-ring (bicyclic) bond motifs is 8. The molecule has 6 N–H and O–H groups in total. The number of hydrogen-bond acceptors (Lipinski definition) is 8. The van der Waals surface area contributed by atoms with Gasteiger partial charge in [0.1, 0.15) is 0 Å². The monoisotopic (exact) mass is 683 g/mol.